The maximum absolute atomic E-state index is 12.4. The minimum Gasteiger partial charge on any atom is -0.460 e. The average Bonchev–Trinajstić information content (AvgIpc) is 2.87. The van der Waals surface area contributed by atoms with Crippen molar-refractivity contribution in [2.75, 3.05) is 19.6 Å². The van der Waals surface area contributed by atoms with Crippen molar-refractivity contribution in [2.24, 2.45) is 17.3 Å². The van der Waals surface area contributed by atoms with E-state index in [2.05, 4.69) is 35.0 Å². The van der Waals surface area contributed by atoms with Crippen molar-refractivity contribution >= 4 is 5.97 Å². The second-order valence-electron chi connectivity index (χ2n) is 9.03. The minimum absolute atomic E-state index is 0.0233. The number of hydrogen-bond acceptors (Lipinski definition) is 4. The van der Waals surface area contributed by atoms with Crippen LogP contribution in [0.5, 0.6) is 0 Å². The predicted octanol–water partition coefficient (Wildman–Crippen LogP) is 3.20. The van der Waals surface area contributed by atoms with Gasteiger partial charge in [0.05, 0.1) is 5.92 Å². The quantitative estimate of drug-likeness (QED) is 0.860. The van der Waals surface area contributed by atoms with E-state index in [0.29, 0.717) is 11.8 Å². The fourth-order valence-electron chi connectivity index (χ4n) is 4.12. The van der Waals surface area contributed by atoms with Crippen molar-refractivity contribution in [1.29, 1.82) is 0 Å². The molecule has 2 aliphatic rings. The summed E-state index contributed by atoms with van der Waals surface area (Å²) in [6.07, 6.45) is 4.15. The van der Waals surface area contributed by atoms with Crippen LogP contribution in [-0.4, -0.2) is 46.3 Å². The van der Waals surface area contributed by atoms with Crippen molar-refractivity contribution < 1.29 is 9.53 Å². The molecule has 1 saturated carbocycles. The van der Waals surface area contributed by atoms with Gasteiger partial charge in [-0.2, -0.15) is 5.10 Å². The summed E-state index contributed by atoms with van der Waals surface area (Å²) in [5, 5.41) is 7.16. The summed E-state index contributed by atoms with van der Waals surface area (Å²) in [7, 11) is 0. The molecule has 0 unspecified atom stereocenters. The Kier molecular flexibility index (Phi) is 4.49. The topological polar surface area (TPSA) is 58.2 Å². The number of rotatable bonds is 4. The molecule has 5 nitrogen and oxygen atoms in total. The minimum atomic E-state index is -0.400. The number of piperidine rings is 1. The van der Waals surface area contributed by atoms with E-state index in [4.69, 9.17) is 4.74 Å². The summed E-state index contributed by atoms with van der Waals surface area (Å²) in [4.78, 5) is 15.0. The Balaban J connectivity index is 1.51. The monoisotopic (exact) mass is 333 g/mol. The van der Waals surface area contributed by atoms with Crippen LogP contribution in [0.2, 0.25) is 0 Å². The molecule has 24 heavy (non-hydrogen) atoms. The molecular formula is C19H31N3O2. The van der Waals surface area contributed by atoms with Crippen LogP contribution < -0.4 is 0 Å². The molecule has 134 valence electrons. The number of ether oxygens (including phenoxy) is 1. The number of esters is 1. The van der Waals surface area contributed by atoms with Crippen LogP contribution >= 0.6 is 0 Å². The number of nitrogens with zero attached hydrogens (tertiary/aromatic N) is 2. The number of carbonyl (C=O) groups excluding carboxylic acids is 1. The third kappa shape index (κ3) is 3.66. The lowest BCUT2D eigenvalue weighted by molar-refractivity contribution is -0.157. The van der Waals surface area contributed by atoms with Gasteiger partial charge in [0.2, 0.25) is 0 Å². The molecule has 2 heterocycles. The number of carbonyl (C=O) groups is 1. The van der Waals surface area contributed by atoms with Crippen molar-refractivity contribution in [3.05, 3.63) is 18.0 Å². The molecule has 5 heteroatoms. The molecule has 0 aromatic carbocycles. The number of likely N-dealkylation sites (tertiary alicyclic amines) is 1. The summed E-state index contributed by atoms with van der Waals surface area (Å²) >= 11 is 0. The highest BCUT2D eigenvalue weighted by Gasteiger charge is 2.63. The van der Waals surface area contributed by atoms with Crippen LogP contribution in [0.25, 0.3) is 0 Å². The first-order valence-electron chi connectivity index (χ1n) is 9.13. The first kappa shape index (κ1) is 17.5. The second kappa shape index (κ2) is 6.17. The summed E-state index contributed by atoms with van der Waals surface area (Å²) in [5.41, 5.74) is 0.915. The lowest BCUT2D eigenvalue weighted by Gasteiger charge is -2.31. The first-order chi connectivity index (χ1) is 11.2. The summed E-state index contributed by atoms with van der Waals surface area (Å²) in [5.74, 6) is 1.03. The van der Waals surface area contributed by atoms with Gasteiger partial charge >= 0.3 is 5.97 Å². The Morgan fingerprint density at radius 1 is 1.38 bits per heavy atom. The molecule has 2 atom stereocenters. The van der Waals surface area contributed by atoms with E-state index in [9.17, 15) is 4.79 Å². The molecule has 0 spiro atoms. The Hall–Kier alpha value is -1.36. The van der Waals surface area contributed by atoms with E-state index in [1.165, 1.54) is 5.69 Å². The van der Waals surface area contributed by atoms with Crippen LogP contribution in [0.3, 0.4) is 0 Å². The van der Waals surface area contributed by atoms with Gasteiger partial charge in [-0.1, -0.05) is 13.8 Å². The molecule has 1 N–H and O–H groups in total. The van der Waals surface area contributed by atoms with Crippen LogP contribution in [0, 0.1) is 17.3 Å². The molecular weight excluding hydrogens is 302 g/mol. The Bertz CT molecular complexity index is 566. The van der Waals surface area contributed by atoms with Gasteiger partial charge in [-0.25, -0.2) is 0 Å². The molecule has 0 bridgehead atoms. The number of H-pyrrole nitrogens is 1. The van der Waals surface area contributed by atoms with E-state index in [0.717, 1.165) is 32.5 Å². The van der Waals surface area contributed by atoms with Gasteiger partial charge in [0.1, 0.15) is 5.60 Å². The standard InChI is InChI=1S/C19H31N3O2/c1-18(2,3)24-17(23)16-14(19(16,4)5)12-22-10-7-13(8-11-22)15-6-9-20-21-15/h6,9,13-14,16H,7-8,10-12H2,1-5H3,(H,20,21)/t14-,16-/m1/s1. The Morgan fingerprint density at radius 3 is 2.58 bits per heavy atom. The SMILES string of the molecule is CC(C)(C)OC(=O)[C@H]1[C@@H](CN2CCC(c3ccn[nH]3)CC2)C1(C)C. The van der Waals surface area contributed by atoms with Crippen molar-refractivity contribution in [3.8, 4) is 0 Å². The fraction of sp³-hybridized carbons (Fsp3) is 0.789. The zero-order valence-electron chi connectivity index (χ0n) is 15.6. The zero-order valence-corrected chi connectivity index (χ0v) is 15.6. The molecule has 0 amide bonds. The predicted molar refractivity (Wildman–Crippen MR) is 93.6 cm³/mol. The summed E-state index contributed by atoms with van der Waals surface area (Å²) in [6.45, 7) is 13.4. The highest BCUT2D eigenvalue weighted by atomic mass is 16.6. The normalized spacial score (nSPS) is 27.9. The van der Waals surface area contributed by atoms with E-state index in [-0.39, 0.29) is 17.3 Å². The van der Waals surface area contributed by atoms with Crippen LogP contribution in [0.15, 0.2) is 12.3 Å². The van der Waals surface area contributed by atoms with Gasteiger partial charge in [0.15, 0.2) is 0 Å². The molecule has 1 aliphatic carbocycles. The van der Waals surface area contributed by atoms with Gasteiger partial charge in [-0.15, -0.1) is 0 Å². The second-order valence-corrected chi connectivity index (χ2v) is 9.03. The molecule has 2 fully saturated rings. The first-order valence-corrected chi connectivity index (χ1v) is 9.13. The van der Waals surface area contributed by atoms with E-state index < -0.39 is 5.60 Å². The van der Waals surface area contributed by atoms with Gasteiger partial charge in [-0.05, 0) is 64.1 Å². The van der Waals surface area contributed by atoms with Crippen LogP contribution in [0.1, 0.15) is 59.1 Å². The Morgan fingerprint density at radius 2 is 2.04 bits per heavy atom. The highest BCUT2D eigenvalue weighted by molar-refractivity contribution is 5.78. The Labute approximate surface area is 145 Å². The molecule has 1 aliphatic heterocycles. The third-order valence-corrected chi connectivity index (χ3v) is 5.72. The lowest BCUT2D eigenvalue weighted by atomic mass is 9.93. The zero-order chi connectivity index (χ0) is 17.5. The molecule has 3 rings (SSSR count). The number of hydrogen-bond donors (Lipinski definition) is 1. The van der Waals surface area contributed by atoms with Crippen molar-refractivity contribution in [1.82, 2.24) is 15.1 Å². The van der Waals surface area contributed by atoms with Gasteiger partial charge in [0, 0.05) is 24.4 Å². The van der Waals surface area contributed by atoms with Crippen LogP contribution in [-0.2, 0) is 9.53 Å². The van der Waals surface area contributed by atoms with Gasteiger partial charge in [0.25, 0.3) is 0 Å². The maximum Gasteiger partial charge on any atom is 0.310 e. The lowest BCUT2D eigenvalue weighted by Crippen LogP contribution is -2.35. The van der Waals surface area contributed by atoms with Crippen molar-refractivity contribution in [2.45, 2.75) is 59.0 Å². The molecule has 1 aromatic rings. The number of nitrogens with one attached hydrogen (secondary N) is 1. The van der Waals surface area contributed by atoms with Crippen molar-refractivity contribution in [3.63, 3.8) is 0 Å². The smallest absolute Gasteiger partial charge is 0.310 e. The maximum atomic E-state index is 12.4. The largest absolute Gasteiger partial charge is 0.460 e. The third-order valence-electron chi connectivity index (χ3n) is 5.72. The molecule has 0 radical (unpaired) electrons. The van der Waals surface area contributed by atoms with E-state index >= 15 is 0 Å². The van der Waals surface area contributed by atoms with E-state index in [1.54, 1.807) is 0 Å². The van der Waals surface area contributed by atoms with E-state index in [1.807, 2.05) is 27.0 Å². The average molecular weight is 333 g/mol. The highest BCUT2D eigenvalue weighted by Crippen LogP contribution is 2.59. The summed E-state index contributed by atoms with van der Waals surface area (Å²) in [6, 6.07) is 2.09. The van der Waals surface area contributed by atoms with Crippen LogP contribution in [0.4, 0.5) is 0 Å². The molecule has 1 saturated heterocycles. The fourth-order valence-corrected chi connectivity index (χ4v) is 4.12. The molecule has 1 aromatic heterocycles. The van der Waals surface area contributed by atoms with Gasteiger partial charge in [-0.3, -0.25) is 9.89 Å². The summed E-state index contributed by atoms with van der Waals surface area (Å²) < 4.78 is 5.61. The number of aromatic amines is 1. The number of aromatic nitrogens is 2. The van der Waals surface area contributed by atoms with Gasteiger partial charge < -0.3 is 9.64 Å².